The second kappa shape index (κ2) is 6.10. The lowest BCUT2D eigenvalue weighted by molar-refractivity contribution is 0.0596. The van der Waals surface area contributed by atoms with Crippen LogP contribution in [0, 0.1) is 13.8 Å². The SMILES string of the molecule is C=CCCOc1cc(C)c(C(=O)OC)c(O)c1C. The molecule has 98 valence electrons. The number of methoxy groups -OCH3 is 1. The van der Waals surface area contributed by atoms with Gasteiger partial charge in [-0.1, -0.05) is 6.08 Å². The number of ether oxygens (including phenoxy) is 2. The van der Waals surface area contributed by atoms with Crippen LogP contribution < -0.4 is 4.74 Å². The number of aryl methyl sites for hydroxylation is 1. The molecule has 0 aliphatic carbocycles. The quantitative estimate of drug-likeness (QED) is 0.496. The molecule has 0 saturated carbocycles. The number of phenols is 1. The Morgan fingerprint density at radius 1 is 1.50 bits per heavy atom. The molecule has 0 aromatic heterocycles. The molecular formula is C14H18O4. The minimum atomic E-state index is -0.550. The molecule has 0 heterocycles. The molecule has 0 radical (unpaired) electrons. The van der Waals surface area contributed by atoms with Gasteiger partial charge in [0.15, 0.2) is 0 Å². The van der Waals surface area contributed by atoms with Crippen molar-refractivity contribution in [1.82, 2.24) is 0 Å². The van der Waals surface area contributed by atoms with Gasteiger partial charge >= 0.3 is 5.97 Å². The molecule has 0 atom stereocenters. The molecule has 1 rings (SSSR count). The Morgan fingerprint density at radius 3 is 2.72 bits per heavy atom. The van der Waals surface area contributed by atoms with E-state index in [1.807, 2.05) is 0 Å². The zero-order valence-electron chi connectivity index (χ0n) is 10.9. The van der Waals surface area contributed by atoms with E-state index in [4.69, 9.17) is 4.74 Å². The van der Waals surface area contributed by atoms with Crippen molar-refractivity contribution in [3.05, 3.63) is 35.4 Å². The van der Waals surface area contributed by atoms with Crippen molar-refractivity contribution in [2.75, 3.05) is 13.7 Å². The summed E-state index contributed by atoms with van der Waals surface area (Å²) in [6, 6.07) is 1.73. The van der Waals surface area contributed by atoms with Gasteiger partial charge in [-0.25, -0.2) is 4.79 Å². The van der Waals surface area contributed by atoms with Crippen LogP contribution in [-0.4, -0.2) is 24.8 Å². The fourth-order valence-electron chi connectivity index (χ4n) is 1.63. The zero-order chi connectivity index (χ0) is 13.7. The summed E-state index contributed by atoms with van der Waals surface area (Å²) in [6.07, 6.45) is 2.48. The number of aromatic hydroxyl groups is 1. The average molecular weight is 250 g/mol. The van der Waals surface area contributed by atoms with Crippen LogP contribution in [0.15, 0.2) is 18.7 Å². The largest absolute Gasteiger partial charge is 0.507 e. The Bertz CT molecular complexity index is 463. The second-order valence-corrected chi connectivity index (χ2v) is 3.96. The Balaban J connectivity index is 3.11. The maximum Gasteiger partial charge on any atom is 0.341 e. The third-order valence-corrected chi connectivity index (χ3v) is 2.67. The van der Waals surface area contributed by atoms with Crippen molar-refractivity contribution < 1.29 is 19.4 Å². The zero-order valence-corrected chi connectivity index (χ0v) is 10.9. The van der Waals surface area contributed by atoms with Gasteiger partial charge in [0, 0.05) is 5.56 Å². The maximum absolute atomic E-state index is 11.5. The first-order chi connectivity index (χ1) is 8.52. The van der Waals surface area contributed by atoms with Gasteiger partial charge in [-0.15, -0.1) is 6.58 Å². The number of esters is 1. The average Bonchev–Trinajstić information content (AvgIpc) is 2.35. The lowest BCUT2D eigenvalue weighted by Crippen LogP contribution is -2.07. The fourth-order valence-corrected chi connectivity index (χ4v) is 1.63. The summed E-state index contributed by atoms with van der Waals surface area (Å²) in [6.45, 7) is 7.52. The number of phenolic OH excluding ortho intramolecular Hbond substituents is 1. The fraction of sp³-hybridized carbons (Fsp3) is 0.357. The van der Waals surface area contributed by atoms with Gasteiger partial charge in [-0.05, 0) is 31.9 Å². The van der Waals surface area contributed by atoms with Crippen LogP contribution >= 0.6 is 0 Å². The maximum atomic E-state index is 11.5. The summed E-state index contributed by atoms with van der Waals surface area (Å²) < 4.78 is 10.2. The monoisotopic (exact) mass is 250 g/mol. The van der Waals surface area contributed by atoms with E-state index in [0.29, 0.717) is 23.5 Å². The van der Waals surface area contributed by atoms with Gasteiger partial charge in [0.25, 0.3) is 0 Å². The molecule has 0 unspecified atom stereocenters. The molecule has 0 bridgehead atoms. The normalized spacial score (nSPS) is 9.94. The van der Waals surface area contributed by atoms with Crippen LogP contribution in [0.25, 0.3) is 0 Å². The summed E-state index contributed by atoms with van der Waals surface area (Å²) >= 11 is 0. The van der Waals surface area contributed by atoms with Crippen LogP contribution in [0.2, 0.25) is 0 Å². The van der Waals surface area contributed by atoms with Crippen molar-refractivity contribution in [2.24, 2.45) is 0 Å². The van der Waals surface area contributed by atoms with E-state index in [2.05, 4.69) is 11.3 Å². The summed E-state index contributed by atoms with van der Waals surface area (Å²) in [5.74, 6) is -0.0688. The molecule has 4 heteroatoms. The molecule has 4 nitrogen and oxygen atoms in total. The highest BCUT2D eigenvalue weighted by molar-refractivity contribution is 5.95. The van der Waals surface area contributed by atoms with E-state index in [1.165, 1.54) is 7.11 Å². The van der Waals surface area contributed by atoms with E-state index in [9.17, 15) is 9.90 Å². The molecule has 0 aliphatic heterocycles. The first kappa shape index (κ1) is 14.1. The van der Waals surface area contributed by atoms with Crippen molar-refractivity contribution >= 4 is 5.97 Å². The van der Waals surface area contributed by atoms with Crippen LogP contribution in [0.4, 0.5) is 0 Å². The van der Waals surface area contributed by atoms with Crippen LogP contribution in [-0.2, 0) is 4.74 Å². The molecule has 18 heavy (non-hydrogen) atoms. The van der Waals surface area contributed by atoms with Gasteiger partial charge in [-0.2, -0.15) is 0 Å². The van der Waals surface area contributed by atoms with Crippen LogP contribution in [0.5, 0.6) is 11.5 Å². The highest BCUT2D eigenvalue weighted by Crippen LogP contribution is 2.33. The molecule has 0 aliphatic rings. The van der Waals surface area contributed by atoms with Crippen molar-refractivity contribution in [3.8, 4) is 11.5 Å². The summed E-state index contributed by atoms with van der Waals surface area (Å²) in [5, 5.41) is 10.0. The van der Waals surface area contributed by atoms with Crippen molar-refractivity contribution in [3.63, 3.8) is 0 Å². The lowest BCUT2D eigenvalue weighted by atomic mass is 10.0. The number of hydrogen-bond acceptors (Lipinski definition) is 4. The van der Waals surface area contributed by atoms with E-state index in [-0.39, 0.29) is 11.3 Å². The number of hydrogen-bond donors (Lipinski definition) is 1. The van der Waals surface area contributed by atoms with Gasteiger partial charge in [0.1, 0.15) is 17.1 Å². The molecule has 1 aromatic carbocycles. The molecular weight excluding hydrogens is 232 g/mol. The minimum absolute atomic E-state index is 0.0875. The van der Waals surface area contributed by atoms with Gasteiger partial charge in [-0.3, -0.25) is 0 Å². The number of carbonyl (C=O) groups is 1. The highest BCUT2D eigenvalue weighted by atomic mass is 16.5. The van der Waals surface area contributed by atoms with Crippen molar-refractivity contribution in [1.29, 1.82) is 0 Å². The second-order valence-electron chi connectivity index (χ2n) is 3.96. The Labute approximate surface area is 107 Å². The standard InChI is InChI=1S/C14H18O4/c1-5-6-7-18-11-8-9(2)12(14(16)17-4)13(15)10(11)3/h5,8,15H,1,6-7H2,2-4H3. The van der Waals surface area contributed by atoms with Gasteiger partial charge in [0.2, 0.25) is 0 Å². The topological polar surface area (TPSA) is 55.8 Å². The smallest absolute Gasteiger partial charge is 0.341 e. The molecule has 1 N–H and O–H groups in total. The third kappa shape index (κ3) is 2.83. The Hall–Kier alpha value is -1.97. The molecule has 1 aromatic rings. The van der Waals surface area contributed by atoms with E-state index in [0.717, 1.165) is 6.42 Å². The van der Waals surface area contributed by atoms with Crippen LogP contribution in [0.3, 0.4) is 0 Å². The van der Waals surface area contributed by atoms with Crippen LogP contribution in [0.1, 0.15) is 27.9 Å². The Kier molecular flexibility index (Phi) is 4.77. The predicted octanol–water partition coefficient (Wildman–Crippen LogP) is 2.75. The number of carbonyl (C=O) groups excluding carboxylic acids is 1. The first-order valence-electron chi connectivity index (χ1n) is 5.68. The molecule has 0 spiro atoms. The highest BCUT2D eigenvalue weighted by Gasteiger charge is 2.19. The lowest BCUT2D eigenvalue weighted by Gasteiger charge is -2.14. The van der Waals surface area contributed by atoms with E-state index in [1.54, 1.807) is 26.0 Å². The molecule has 0 saturated heterocycles. The minimum Gasteiger partial charge on any atom is -0.507 e. The molecule has 0 amide bonds. The van der Waals surface area contributed by atoms with E-state index < -0.39 is 5.97 Å². The van der Waals surface area contributed by atoms with Gasteiger partial charge in [0.05, 0.1) is 13.7 Å². The number of rotatable bonds is 5. The summed E-state index contributed by atoms with van der Waals surface area (Å²) in [7, 11) is 1.28. The van der Waals surface area contributed by atoms with Crippen molar-refractivity contribution in [2.45, 2.75) is 20.3 Å². The van der Waals surface area contributed by atoms with E-state index >= 15 is 0 Å². The summed E-state index contributed by atoms with van der Waals surface area (Å²) in [5.41, 5.74) is 1.34. The predicted molar refractivity (Wildman–Crippen MR) is 69.2 cm³/mol. The Morgan fingerprint density at radius 2 is 2.17 bits per heavy atom. The molecule has 0 fully saturated rings. The third-order valence-electron chi connectivity index (χ3n) is 2.67. The first-order valence-corrected chi connectivity index (χ1v) is 5.68. The van der Waals surface area contributed by atoms with Gasteiger partial charge < -0.3 is 14.6 Å². The summed E-state index contributed by atoms with van der Waals surface area (Å²) in [4.78, 5) is 11.5. The number of benzene rings is 1.